The van der Waals surface area contributed by atoms with Crippen molar-refractivity contribution in [1.82, 2.24) is 5.32 Å². The molecule has 0 amide bonds. The molecular weight excluding hydrogens is 142 g/mol. The zero-order chi connectivity index (χ0) is 7.52. The molecule has 1 aromatic heterocycles. The Morgan fingerprint density at radius 2 is 2.55 bits per heavy atom. The summed E-state index contributed by atoms with van der Waals surface area (Å²) in [7, 11) is 0. The molecule has 1 aliphatic rings. The van der Waals surface area contributed by atoms with Gasteiger partial charge in [-0.1, -0.05) is 0 Å². The highest BCUT2D eigenvalue weighted by atomic mass is 16.5. The Hall–Kier alpha value is -0.800. The molecule has 1 fully saturated rings. The van der Waals surface area contributed by atoms with Crippen LogP contribution in [0.1, 0.15) is 11.8 Å². The molecular formula is C8H10NO2. The zero-order valence-electron chi connectivity index (χ0n) is 6.19. The van der Waals surface area contributed by atoms with Crippen LogP contribution in [0.3, 0.4) is 0 Å². The predicted octanol–water partition coefficient (Wildman–Crippen LogP) is 0.955. The maximum Gasteiger partial charge on any atom is 0.124 e. The maximum absolute atomic E-state index is 5.25. The van der Waals surface area contributed by atoms with Gasteiger partial charge >= 0.3 is 0 Å². The fourth-order valence-electron chi connectivity index (χ4n) is 1.17. The van der Waals surface area contributed by atoms with Crippen LogP contribution < -0.4 is 5.32 Å². The predicted molar refractivity (Wildman–Crippen MR) is 39.3 cm³/mol. The molecule has 0 spiro atoms. The van der Waals surface area contributed by atoms with Crippen LogP contribution in [0.4, 0.5) is 0 Å². The van der Waals surface area contributed by atoms with Gasteiger partial charge in [-0.15, -0.1) is 0 Å². The molecule has 1 saturated heterocycles. The molecule has 0 aromatic carbocycles. The van der Waals surface area contributed by atoms with Gasteiger partial charge in [0.2, 0.25) is 0 Å². The lowest BCUT2D eigenvalue weighted by molar-refractivity contribution is 0.0675. The van der Waals surface area contributed by atoms with Gasteiger partial charge in [-0.25, -0.2) is 5.32 Å². The third-order valence-corrected chi connectivity index (χ3v) is 1.73. The molecule has 0 bridgehead atoms. The van der Waals surface area contributed by atoms with Crippen LogP contribution in [0.2, 0.25) is 0 Å². The van der Waals surface area contributed by atoms with Crippen molar-refractivity contribution < 1.29 is 9.15 Å². The molecule has 0 N–H and O–H groups in total. The number of furan rings is 1. The van der Waals surface area contributed by atoms with E-state index in [9.17, 15) is 0 Å². The van der Waals surface area contributed by atoms with Crippen molar-refractivity contribution in [3.8, 4) is 0 Å². The van der Waals surface area contributed by atoms with E-state index in [1.54, 1.807) is 6.26 Å². The number of nitrogens with zero attached hydrogens (tertiary/aromatic N) is 1. The van der Waals surface area contributed by atoms with Gasteiger partial charge in [-0.05, 0) is 12.1 Å². The van der Waals surface area contributed by atoms with Gasteiger partial charge in [0.05, 0.1) is 19.5 Å². The van der Waals surface area contributed by atoms with E-state index >= 15 is 0 Å². The highest BCUT2D eigenvalue weighted by Crippen LogP contribution is 2.16. The molecule has 59 valence electrons. The fraction of sp³-hybridized carbons (Fsp3) is 0.500. The van der Waals surface area contributed by atoms with E-state index in [4.69, 9.17) is 9.15 Å². The monoisotopic (exact) mass is 152 g/mol. The van der Waals surface area contributed by atoms with E-state index in [1.807, 2.05) is 12.1 Å². The minimum Gasteiger partial charge on any atom is -0.468 e. The molecule has 1 aliphatic heterocycles. The van der Waals surface area contributed by atoms with Crippen LogP contribution in [0.5, 0.6) is 0 Å². The van der Waals surface area contributed by atoms with E-state index in [-0.39, 0.29) is 6.04 Å². The molecule has 0 saturated carbocycles. The first-order valence-electron chi connectivity index (χ1n) is 3.74. The Morgan fingerprint density at radius 1 is 1.55 bits per heavy atom. The summed E-state index contributed by atoms with van der Waals surface area (Å²) in [5.41, 5.74) is 0. The Kier molecular flexibility index (Phi) is 1.92. The lowest BCUT2D eigenvalue weighted by Crippen LogP contribution is -2.28. The number of ether oxygens (including phenoxy) is 1. The Labute approximate surface area is 65.3 Å². The summed E-state index contributed by atoms with van der Waals surface area (Å²) in [6, 6.07) is 3.93. The van der Waals surface area contributed by atoms with Crippen LogP contribution in [-0.2, 0) is 4.74 Å². The average molecular weight is 152 g/mol. The second-order valence-corrected chi connectivity index (χ2v) is 2.51. The van der Waals surface area contributed by atoms with Gasteiger partial charge in [0.1, 0.15) is 11.8 Å². The summed E-state index contributed by atoms with van der Waals surface area (Å²) >= 11 is 0. The molecule has 1 unspecified atom stereocenters. The van der Waals surface area contributed by atoms with E-state index in [2.05, 4.69) is 5.32 Å². The molecule has 3 heteroatoms. The summed E-state index contributed by atoms with van der Waals surface area (Å²) in [5, 5.41) is 4.35. The standard InChI is InChI=1S/C8H10NO2/c1-2-8(11-4-1)7-6-10-5-3-9-7/h1-2,4,7H,3,5-6H2. The third-order valence-electron chi connectivity index (χ3n) is 1.73. The number of hydrogen-bond acceptors (Lipinski definition) is 2. The van der Waals surface area contributed by atoms with Crippen LogP contribution in [0.25, 0.3) is 0 Å². The van der Waals surface area contributed by atoms with Crippen LogP contribution in [0.15, 0.2) is 22.8 Å². The van der Waals surface area contributed by atoms with Crippen molar-refractivity contribution in [3.05, 3.63) is 24.2 Å². The first kappa shape index (κ1) is 6.88. The lowest BCUT2D eigenvalue weighted by Gasteiger charge is -2.19. The van der Waals surface area contributed by atoms with Gasteiger partial charge in [0.15, 0.2) is 0 Å². The fourth-order valence-corrected chi connectivity index (χ4v) is 1.17. The molecule has 1 aromatic rings. The molecule has 2 rings (SSSR count). The molecule has 1 atom stereocenters. The van der Waals surface area contributed by atoms with Crippen LogP contribution in [-0.4, -0.2) is 19.8 Å². The molecule has 3 nitrogen and oxygen atoms in total. The van der Waals surface area contributed by atoms with Crippen molar-refractivity contribution in [2.75, 3.05) is 19.8 Å². The van der Waals surface area contributed by atoms with Crippen molar-refractivity contribution >= 4 is 0 Å². The summed E-state index contributed by atoms with van der Waals surface area (Å²) in [5.74, 6) is 0.907. The van der Waals surface area contributed by atoms with E-state index < -0.39 is 0 Å². The SMILES string of the molecule is c1coc(C2COCC[N]2)c1. The smallest absolute Gasteiger partial charge is 0.124 e. The normalized spacial score (nSPS) is 25.3. The number of rotatable bonds is 1. The summed E-state index contributed by atoms with van der Waals surface area (Å²) in [6.07, 6.45) is 1.67. The van der Waals surface area contributed by atoms with Gasteiger partial charge in [0, 0.05) is 6.54 Å². The highest BCUT2D eigenvalue weighted by Gasteiger charge is 2.18. The maximum atomic E-state index is 5.25. The van der Waals surface area contributed by atoms with Crippen molar-refractivity contribution in [1.29, 1.82) is 0 Å². The minimum absolute atomic E-state index is 0.124. The van der Waals surface area contributed by atoms with Gasteiger partial charge < -0.3 is 9.15 Å². The molecule has 0 aliphatic carbocycles. The van der Waals surface area contributed by atoms with Crippen LogP contribution >= 0.6 is 0 Å². The molecule has 1 radical (unpaired) electrons. The summed E-state index contributed by atoms with van der Waals surface area (Å²) < 4.78 is 10.5. The van der Waals surface area contributed by atoms with Crippen molar-refractivity contribution in [2.45, 2.75) is 6.04 Å². The average Bonchev–Trinajstić information content (AvgIpc) is 2.58. The third kappa shape index (κ3) is 1.44. The highest BCUT2D eigenvalue weighted by molar-refractivity contribution is 5.04. The van der Waals surface area contributed by atoms with Crippen molar-refractivity contribution in [2.24, 2.45) is 0 Å². The quantitative estimate of drug-likeness (QED) is 0.600. The molecule has 2 heterocycles. The molecule has 11 heavy (non-hydrogen) atoms. The van der Waals surface area contributed by atoms with E-state index in [0.29, 0.717) is 6.61 Å². The zero-order valence-corrected chi connectivity index (χ0v) is 6.19. The van der Waals surface area contributed by atoms with Gasteiger partial charge in [-0.3, -0.25) is 0 Å². The Bertz CT molecular complexity index is 202. The first-order chi connectivity index (χ1) is 5.47. The second kappa shape index (κ2) is 3.07. The number of hydrogen-bond donors (Lipinski definition) is 0. The number of morpholine rings is 1. The van der Waals surface area contributed by atoms with E-state index in [1.165, 1.54) is 0 Å². The topological polar surface area (TPSA) is 36.5 Å². The minimum atomic E-state index is 0.124. The first-order valence-corrected chi connectivity index (χ1v) is 3.74. The van der Waals surface area contributed by atoms with Gasteiger partial charge in [-0.2, -0.15) is 0 Å². The summed E-state index contributed by atoms with van der Waals surface area (Å²) in [6.45, 7) is 2.19. The van der Waals surface area contributed by atoms with Crippen molar-refractivity contribution in [3.63, 3.8) is 0 Å². The second-order valence-electron chi connectivity index (χ2n) is 2.51. The lowest BCUT2D eigenvalue weighted by atomic mass is 10.2. The van der Waals surface area contributed by atoms with E-state index in [0.717, 1.165) is 18.9 Å². The van der Waals surface area contributed by atoms with Gasteiger partial charge in [0.25, 0.3) is 0 Å². The largest absolute Gasteiger partial charge is 0.468 e. The Balaban J connectivity index is 2.04. The Morgan fingerprint density at radius 3 is 3.18 bits per heavy atom. The summed E-state index contributed by atoms with van der Waals surface area (Å²) in [4.78, 5) is 0. The van der Waals surface area contributed by atoms with Crippen LogP contribution in [0, 0.1) is 0 Å².